The van der Waals surface area contributed by atoms with Crippen LogP contribution in [0.15, 0.2) is 48.6 Å². The number of esters is 2. The first-order valence-corrected chi connectivity index (χ1v) is 22.4. The summed E-state index contributed by atoms with van der Waals surface area (Å²) in [6.45, 7) is 3.11. The Balaban J connectivity index is 2.53. The molecule has 1 fully saturated rings. The van der Waals surface area contributed by atoms with Crippen LogP contribution in [0, 0.1) is 0 Å². The van der Waals surface area contributed by atoms with Gasteiger partial charge in [0.05, 0.1) is 6.61 Å². The minimum atomic E-state index is -5.12. The lowest BCUT2D eigenvalue weighted by Gasteiger charge is -2.41. The summed E-state index contributed by atoms with van der Waals surface area (Å²) < 4.78 is 33.4. The molecule has 14 heteroatoms. The maximum Gasteiger partial charge on any atom is 0.472 e. The Morgan fingerprint density at radius 2 is 1.02 bits per heavy atom. The molecule has 0 saturated heterocycles. The van der Waals surface area contributed by atoms with Gasteiger partial charge in [-0.2, -0.15) is 0 Å². The molecule has 0 amide bonds. The van der Waals surface area contributed by atoms with Crippen LogP contribution in [-0.2, 0) is 32.7 Å². The fourth-order valence-electron chi connectivity index (χ4n) is 6.00. The Morgan fingerprint density at radius 1 is 0.571 bits per heavy atom. The van der Waals surface area contributed by atoms with Crippen molar-refractivity contribution < 1.29 is 63.1 Å². The SMILES string of the molecule is CC/C=C/C/C=C/C/C=C/CCCCCCCC(=O)O[C@H](COC(=O)CCCCCCC/C=C/CCCCC)COP(=O)(O)OC1C(O)C(O)C(O)[C@H](O)C1O. The van der Waals surface area contributed by atoms with Gasteiger partial charge < -0.3 is 39.9 Å². The van der Waals surface area contributed by atoms with Crippen molar-refractivity contribution in [1.29, 1.82) is 0 Å². The molecule has 0 aromatic rings. The van der Waals surface area contributed by atoms with Gasteiger partial charge in [0.1, 0.15) is 43.2 Å². The number of hydrogen-bond acceptors (Lipinski definition) is 12. The number of ether oxygens (including phenoxy) is 2. The first-order chi connectivity index (χ1) is 26.9. The molecular formula is C42H73O13P. The van der Waals surface area contributed by atoms with Gasteiger partial charge in [-0.05, 0) is 70.6 Å². The average molecular weight is 817 g/mol. The molecule has 0 bridgehead atoms. The van der Waals surface area contributed by atoms with Crippen molar-refractivity contribution in [3.05, 3.63) is 48.6 Å². The summed E-state index contributed by atoms with van der Waals surface area (Å²) in [6, 6.07) is 0. The quantitative estimate of drug-likeness (QED) is 0.0168. The van der Waals surface area contributed by atoms with Gasteiger partial charge in [-0.15, -0.1) is 0 Å². The van der Waals surface area contributed by atoms with E-state index in [1.54, 1.807) is 0 Å². The van der Waals surface area contributed by atoms with Gasteiger partial charge in [0, 0.05) is 12.8 Å². The number of allylic oxidation sites excluding steroid dienone is 8. The van der Waals surface area contributed by atoms with E-state index in [2.05, 4.69) is 62.5 Å². The lowest BCUT2D eigenvalue weighted by molar-refractivity contribution is -0.220. The normalized spacial score (nSPS) is 23.4. The van der Waals surface area contributed by atoms with Crippen LogP contribution in [0.2, 0.25) is 0 Å². The minimum Gasteiger partial charge on any atom is -0.462 e. The van der Waals surface area contributed by atoms with E-state index in [0.29, 0.717) is 12.8 Å². The second-order valence-electron chi connectivity index (χ2n) is 14.5. The molecule has 0 heterocycles. The zero-order chi connectivity index (χ0) is 41.4. The molecule has 56 heavy (non-hydrogen) atoms. The lowest BCUT2D eigenvalue weighted by atomic mass is 9.85. The first kappa shape index (κ1) is 51.8. The van der Waals surface area contributed by atoms with Gasteiger partial charge in [0.25, 0.3) is 0 Å². The van der Waals surface area contributed by atoms with E-state index in [1.165, 1.54) is 19.3 Å². The highest BCUT2D eigenvalue weighted by atomic mass is 31.2. The zero-order valence-corrected chi connectivity index (χ0v) is 34.8. The molecule has 6 N–H and O–H groups in total. The second-order valence-corrected chi connectivity index (χ2v) is 15.9. The minimum absolute atomic E-state index is 0.0740. The van der Waals surface area contributed by atoms with Crippen molar-refractivity contribution >= 4 is 19.8 Å². The monoisotopic (exact) mass is 816 g/mol. The summed E-state index contributed by atoms with van der Waals surface area (Å²) in [5.41, 5.74) is 0. The molecule has 0 radical (unpaired) electrons. The smallest absolute Gasteiger partial charge is 0.462 e. The van der Waals surface area contributed by atoms with Crippen LogP contribution < -0.4 is 0 Å². The third-order valence-electron chi connectivity index (χ3n) is 9.40. The lowest BCUT2D eigenvalue weighted by Crippen LogP contribution is -2.64. The number of aliphatic hydroxyl groups excluding tert-OH is 5. The van der Waals surface area contributed by atoms with E-state index >= 15 is 0 Å². The van der Waals surface area contributed by atoms with E-state index < -0.39 is 75.7 Å². The molecule has 1 saturated carbocycles. The predicted molar refractivity (Wildman–Crippen MR) is 216 cm³/mol. The van der Waals surface area contributed by atoms with Gasteiger partial charge in [0.2, 0.25) is 0 Å². The highest BCUT2D eigenvalue weighted by Gasteiger charge is 2.51. The van der Waals surface area contributed by atoms with Crippen LogP contribution in [-0.4, -0.2) is 98.3 Å². The molecule has 1 aliphatic rings. The summed E-state index contributed by atoms with van der Waals surface area (Å²) >= 11 is 0. The van der Waals surface area contributed by atoms with Crippen molar-refractivity contribution in [2.45, 2.75) is 191 Å². The fourth-order valence-corrected chi connectivity index (χ4v) is 6.97. The number of phosphoric acid groups is 1. The van der Waals surface area contributed by atoms with E-state index in [1.807, 2.05) is 0 Å². The van der Waals surface area contributed by atoms with Crippen molar-refractivity contribution in [2.75, 3.05) is 13.2 Å². The Morgan fingerprint density at radius 3 is 1.57 bits per heavy atom. The van der Waals surface area contributed by atoms with E-state index in [-0.39, 0.29) is 12.8 Å². The summed E-state index contributed by atoms with van der Waals surface area (Å²) in [5, 5.41) is 50.0. The van der Waals surface area contributed by atoms with Crippen LogP contribution in [0.25, 0.3) is 0 Å². The van der Waals surface area contributed by atoms with Crippen molar-refractivity contribution in [2.24, 2.45) is 0 Å². The Bertz CT molecular complexity index is 1170. The average Bonchev–Trinajstić information content (AvgIpc) is 3.18. The van der Waals surface area contributed by atoms with Crippen molar-refractivity contribution in [3.8, 4) is 0 Å². The number of hydrogen-bond donors (Lipinski definition) is 6. The van der Waals surface area contributed by atoms with Crippen LogP contribution in [0.1, 0.15) is 149 Å². The third-order valence-corrected chi connectivity index (χ3v) is 10.4. The summed E-state index contributed by atoms with van der Waals surface area (Å²) in [6.07, 6.45) is 23.2. The largest absolute Gasteiger partial charge is 0.472 e. The third kappa shape index (κ3) is 25.2. The van der Waals surface area contributed by atoms with Crippen LogP contribution in [0.5, 0.6) is 0 Å². The second kappa shape index (κ2) is 32.7. The molecule has 0 spiro atoms. The predicted octanol–water partition coefficient (Wildman–Crippen LogP) is 7.22. The number of carbonyl (C=O) groups excluding carboxylic acids is 2. The van der Waals surface area contributed by atoms with Crippen LogP contribution >= 0.6 is 7.82 Å². The molecule has 324 valence electrons. The molecule has 8 atom stereocenters. The van der Waals surface area contributed by atoms with Crippen LogP contribution in [0.3, 0.4) is 0 Å². The topological polar surface area (TPSA) is 210 Å². The van der Waals surface area contributed by atoms with Gasteiger partial charge in [-0.25, -0.2) is 4.57 Å². The van der Waals surface area contributed by atoms with E-state index in [0.717, 1.165) is 89.9 Å². The summed E-state index contributed by atoms with van der Waals surface area (Å²) in [5.74, 6) is -1.13. The van der Waals surface area contributed by atoms with E-state index in [9.17, 15) is 44.6 Å². The Kier molecular flexibility index (Phi) is 30.3. The fraction of sp³-hybridized carbons (Fsp3) is 0.762. The van der Waals surface area contributed by atoms with Crippen molar-refractivity contribution in [1.82, 2.24) is 0 Å². The maximum absolute atomic E-state index is 12.8. The zero-order valence-electron chi connectivity index (χ0n) is 33.9. The molecule has 13 nitrogen and oxygen atoms in total. The van der Waals surface area contributed by atoms with Crippen molar-refractivity contribution in [3.63, 3.8) is 0 Å². The first-order valence-electron chi connectivity index (χ1n) is 20.9. The highest BCUT2D eigenvalue weighted by molar-refractivity contribution is 7.47. The number of carbonyl (C=O) groups is 2. The standard InChI is InChI=1S/C42H73O13P/c1-3-5-7-9-11-13-15-17-18-19-21-23-25-27-29-31-36(44)54-34(32-52-35(43)30-28-26-24-22-20-16-14-12-10-8-6-4-2)33-53-56(50,51)55-42-40(48)38(46)37(45)39(47)41(42)49/h5,7,11-14,17-18,34,37-42,45-49H,3-4,6,8-10,15-16,19-33H2,1-2H3,(H,50,51)/b7-5+,13-11+,14-12+,18-17+/t34-,37?,38+,39?,40?,41?,42?/m1/s1. The molecule has 0 aromatic heterocycles. The Hall–Kier alpha value is -2.19. The summed E-state index contributed by atoms with van der Waals surface area (Å²) in [4.78, 5) is 35.5. The molecule has 1 aliphatic carbocycles. The number of aliphatic hydroxyl groups is 5. The molecular weight excluding hydrogens is 743 g/mol. The molecule has 6 unspecified atom stereocenters. The van der Waals surface area contributed by atoms with Gasteiger partial charge in [-0.1, -0.05) is 114 Å². The van der Waals surface area contributed by atoms with Gasteiger partial charge in [-0.3, -0.25) is 18.6 Å². The van der Waals surface area contributed by atoms with Gasteiger partial charge in [0.15, 0.2) is 6.10 Å². The van der Waals surface area contributed by atoms with Gasteiger partial charge >= 0.3 is 19.8 Å². The summed E-state index contributed by atoms with van der Waals surface area (Å²) in [7, 11) is -5.12. The van der Waals surface area contributed by atoms with Crippen LogP contribution in [0.4, 0.5) is 0 Å². The molecule has 1 rings (SSSR count). The Labute approximate surface area is 335 Å². The number of unbranched alkanes of at least 4 members (excludes halogenated alkanes) is 13. The maximum atomic E-state index is 12.8. The van der Waals surface area contributed by atoms with E-state index in [4.69, 9.17) is 18.5 Å². The number of rotatable bonds is 33. The molecule has 0 aliphatic heterocycles. The molecule has 0 aromatic carbocycles. The highest BCUT2D eigenvalue weighted by Crippen LogP contribution is 2.47. The number of phosphoric ester groups is 1.